The molecule has 3 rings (SSSR count). The zero-order chi connectivity index (χ0) is 17.6. The molecule has 0 aromatic heterocycles. The molecule has 1 aliphatic rings. The first kappa shape index (κ1) is 17.0. The number of carbonyl (C=O) groups is 1. The Bertz CT molecular complexity index is 776. The summed E-state index contributed by atoms with van der Waals surface area (Å²) in [5, 5.41) is 13.7. The number of hydrogen-bond acceptors (Lipinski definition) is 4. The van der Waals surface area contributed by atoms with Crippen LogP contribution in [0.3, 0.4) is 0 Å². The number of nitro groups is 1. The van der Waals surface area contributed by atoms with Crippen molar-refractivity contribution in [3.63, 3.8) is 0 Å². The van der Waals surface area contributed by atoms with Crippen LogP contribution in [0.5, 0.6) is 5.75 Å². The van der Waals surface area contributed by atoms with Crippen LogP contribution in [0.1, 0.15) is 17.5 Å². The molecule has 0 spiro atoms. The average Bonchev–Trinajstić information content (AvgIpc) is 2.64. The van der Waals surface area contributed by atoms with E-state index >= 15 is 0 Å². The van der Waals surface area contributed by atoms with E-state index < -0.39 is 4.92 Å². The molecule has 0 aliphatic carbocycles. The molecule has 0 radical (unpaired) electrons. The zero-order valence-electron chi connectivity index (χ0n) is 13.8. The van der Waals surface area contributed by atoms with Gasteiger partial charge in [0.15, 0.2) is 0 Å². The van der Waals surface area contributed by atoms with E-state index in [4.69, 9.17) is 4.74 Å². The lowest BCUT2D eigenvalue weighted by Gasteiger charge is -2.25. The molecule has 25 heavy (non-hydrogen) atoms. The van der Waals surface area contributed by atoms with Crippen molar-refractivity contribution in [3.05, 3.63) is 69.8 Å². The molecule has 1 aliphatic heterocycles. The molecule has 0 unspecified atom stereocenters. The minimum Gasteiger partial charge on any atom is -0.493 e. The van der Waals surface area contributed by atoms with Crippen LogP contribution in [0.15, 0.2) is 48.5 Å². The highest BCUT2D eigenvalue weighted by atomic mass is 16.6. The van der Waals surface area contributed by atoms with Crippen LogP contribution in [0.4, 0.5) is 5.69 Å². The monoisotopic (exact) mass is 340 g/mol. The highest BCUT2D eigenvalue weighted by Gasteiger charge is 2.19. The molecule has 2 aromatic carbocycles. The molecule has 6 nitrogen and oxygen atoms in total. The van der Waals surface area contributed by atoms with Crippen LogP contribution in [0.2, 0.25) is 0 Å². The number of aryl methyl sites for hydroxylation is 1. The molecule has 130 valence electrons. The van der Waals surface area contributed by atoms with Gasteiger partial charge in [-0.25, -0.2) is 0 Å². The molecule has 0 fully saturated rings. The summed E-state index contributed by atoms with van der Waals surface area (Å²) in [6, 6.07) is 14.4. The summed E-state index contributed by atoms with van der Waals surface area (Å²) >= 11 is 0. The second-order valence-corrected chi connectivity index (χ2v) is 6.22. The molecule has 1 atom stereocenters. The summed E-state index contributed by atoms with van der Waals surface area (Å²) in [5.41, 5.74) is 2.01. The lowest BCUT2D eigenvalue weighted by molar-refractivity contribution is -0.384. The predicted octanol–water partition coefficient (Wildman–Crippen LogP) is 2.89. The Labute approximate surface area is 146 Å². The quantitative estimate of drug-likeness (QED) is 0.647. The number of amides is 1. The maximum absolute atomic E-state index is 12.0. The van der Waals surface area contributed by atoms with Gasteiger partial charge in [-0.1, -0.05) is 30.3 Å². The lowest BCUT2D eigenvalue weighted by Crippen LogP contribution is -2.34. The topological polar surface area (TPSA) is 81.5 Å². The first-order chi connectivity index (χ1) is 12.1. The molecule has 6 heteroatoms. The second-order valence-electron chi connectivity index (χ2n) is 6.22. The van der Waals surface area contributed by atoms with E-state index in [-0.39, 0.29) is 17.5 Å². The smallest absolute Gasteiger partial charge is 0.269 e. The van der Waals surface area contributed by atoms with Crippen molar-refractivity contribution in [2.75, 3.05) is 13.2 Å². The van der Waals surface area contributed by atoms with E-state index in [2.05, 4.69) is 5.32 Å². The minimum atomic E-state index is -0.426. The van der Waals surface area contributed by atoms with Crippen molar-refractivity contribution in [2.45, 2.75) is 19.3 Å². The fraction of sp³-hybridized carbons (Fsp3) is 0.316. The van der Waals surface area contributed by atoms with E-state index in [1.807, 2.05) is 24.3 Å². The van der Waals surface area contributed by atoms with Crippen LogP contribution in [0.25, 0.3) is 0 Å². The summed E-state index contributed by atoms with van der Waals surface area (Å²) in [6.07, 6.45) is 1.68. The Morgan fingerprint density at radius 2 is 2.08 bits per heavy atom. The summed E-state index contributed by atoms with van der Waals surface area (Å²) in [6.45, 7) is 1.17. The van der Waals surface area contributed by atoms with Gasteiger partial charge in [0.25, 0.3) is 5.69 Å². The summed E-state index contributed by atoms with van der Waals surface area (Å²) in [4.78, 5) is 22.4. The Balaban J connectivity index is 1.44. The fourth-order valence-electron chi connectivity index (χ4n) is 2.95. The van der Waals surface area contributed by atoms with Gasteiger partial charge in [0.05, 0.1) is 11.5 Å². The van der Waals surface area contributed by atoms with Gasteiger partial charge >= 0.3 is 0 Å². The Kier molecular flexibility index (Phi) is 5.28. The number of hydrogen-bond donors (Lipinski definition) is 1. The number of carbonyl (C=O) groups excluding carboxylic acids is 1. The van der Waals surface area contributed by atoms with Gasteiger partial charge in [0, 0.05) is 31.0 Å². The largest absolute Gasteiger partial charge is 0.493 e. The van der Waals surface area contributed by atoms with E-state index in [1.165, 1.54) is 17.7 Å². The fourth-order valence-corrected chi connectivity index (χ4v) is 2.95. The van der Waals surface area contributed by atoms with Crippen molar-refractivity contribution >= 4 is 11.6 Å². The van der Waals surface area contributed by atoms with Gasteiger partial charge < -0.3 is 10.1 Å². The normalized spacial score (nSPS) is 15.8. The van der Waals surface area contributed by atoms with Crippen LogP contribution >= 0.6 is 0 Å². The second kappa shape index (κ2) is 7.79. The predicted molar refractivity (Wildman–Crippen MR) is 93.6 cm³/mol. The van der Waals surface area contributed by atoms with Crippen LogP contribution in [-0.2, 0) is 17.6 Å². The molecule has 0 saturated heterocycles. The lowest BCUT2D eigenvalue weighted by atomic mass is 9.96. The van der Waals surface area contributed by atoms with Crippen molar-refractivity contribution in [1.82, 2.24) is 5.32 Å². The third-order valence-corrected chi connectivity index (χ3v) is 4.31. The average molecular weight is 340 g/mol. The van der Waals surface area contributed by atoms with Gasteiger partial charge in [-0.15, -0.1) is 0 Å². The van der Waals surface area contributed by atoms with Crippen LogP contribution in [0, 0.1) is 16.0 Å². The Hall–Kier alpha value is -2.89. The van der Waals surface area contributed by atoms with E-state index in [0.29, 0.717) is 26.0 Å². The summed E-state index contributed by atoms with van der Waals surface area (Å²) in [7, 11) is 0. The number of nitrogens with zero attached hydrogens (tertiary/aromatic N) is 1. The highest BCUT2D eigenvalue weighted by molar-refractivity contribution is 5.76. The van der Waals surface area contributed by atoms with Crippen molar-refractivity contribution in [3.8, 4) is 5.75 Å². The van der Waals surface area contributed by atoms with Gasteiger partial charge in [-0.05, 0) is 30.0 Å². The number of nitro benzene ring substituents is 1. The zero-order valence-corrected chi connectivity index (χ0v) is 13.8. The first-order valence-electron chi connectivity index (χ1n) is 8.32. The molecule has 1 amide bonds. The van der Waals surface area contributed by atoms with Gasteiger partial charge in [-0.3, -0.25) is 14.9 Å². The maximum Gasteiger partial charge on any atom is 0.269 e. The number of fused-ring (bicyclic) bond motifs is 1. The minimum absolute atomic E-state index is 0.0506. The van der Waals surface area contributed by atoms with Crippen molar-refractivity contribution in [2.24, 2.45) is 5.92 Å². The summed E-state index contributed by atoms with van der Waals surface area (Å²) < 4.78 is 5.72. The molecule has 1 N–H and O–H groups in total. The Morgan fingerprint density at radius 1 is 1.24 bits per heavy atom. The number of ether oxygens (including phenoxy) is 1. The van der Waals surface area contributed by atoms with Crippen molar-refractivity contribution < 1.29 is 14.5 Å². The van der Waals surface area contributed by atoms with Gasteiger partial charge in [0.1, 0.15) is 5.75 Å². The number of rotatable bonds is 6. The highest BCUT2D eigenvalue weighted by Crippen LogP contribution is 2.26. The van der Waals surface area contributed by atoms with Crippen LogP contribution in [-0.4, -0.2) is 24.0 Å². The van der Waals surface area contributed by atoms with Gasteiger partial charge in [0.2, 0.25) is 5.91 Å². The number of benzene rings is 2. The molecule has 0 saturated carbocycles. The summed E-state index contributed by atoms with van der Waals surface area (Å²) in [5.74, 6) is 1.14. The van der Waals surface area contributed by atoms with Crippen molar-refractivity contribution in [1.29, 1.82) is 0 Å². The number of nitrogens with one attached hydrogen (secondary N) is 1. The number of non-ortho nitro benzene ring substituents is 1. The first-order valence-corrected chi connectivity index (χ1v) is 8.32. The third kappa shape index (κ3) is 4.56. The molecular weight excluding hydrogens is 320 g/mol. The Morgan fingerprint density at radius 3 is 2.92 bits per heavy atom. The van der Waals surface area contributed by atoms with Gasteiger partial charge in [-0.2, -0.15) is 0 Å². The SMILES string of the molecule is O=C(CCc1cccc([N+](=O)[O-])c1)NC[C@H]1COc2ccccc2C1. The van der Waals surface area contributed by atoms with Crippen LogP contribution < -0.4 is 10.1 Å². The number of para-hydroxylation sites is 1. The van der Waals surface area contributed by atoms with E-state index in [0.717, 1.165) is 17.7 Å². The molecule has 1 heterocycles. The van der Waals surface area contributed by atoms with E-state index in [9.17, 15) is 14.9 Å². The molecule has 0 bridgehead atoms. The molecular formula is C19H20N2O4. The molecule has 2 aromatic rings. The standard InChI is InChI=1S/C19H20N2O4/c22-19(9-8-14-4-3-6-17(11-14)21(23)24)20-12-15-10-16-5-1-2-7-18(16)25-13-15/h1-7,11,15H,8-10,12-13H2,(H,20,22)/t15-/m0/s1. The van der Waals surface area contributed by atoms with E-state index in [1.54, 1.807) is 12.1 Å². The maximum atomic E-state index is 12.0. The third-order valence-electron chi connectivity index (χ3n) is 4.31.